The van der Waals surface area contributed by atoms with E-state index in [1.807, 2.05) is 74.5 Å². The predicted molar refractivity (Wildman–Crippen MR) is 112 cm³/mol. The average Bonchev–Trinajstić information content (AvgIpc) is 2.90. The van der Waals surface area contributed by atoms with Crippen LogP contribution in [0.5, 0.6) is 0 Å². The van der Waals surface area contributed by atoms with Gasteiger partial charge in [0.05, 0.1) is 12.5 Å². The van der Waals surface area contributed by atoms with E-state index in [4.69, 9.17) is 4.74 Å². The van der Waals surface area contributed by atoms with Crippen molar-refractivity contribution in [3.63, 3.8) is 0 Å². The van der Waals surface area contributed by atoms with Gasteiger partial charge in [0.2, 0.25) is 5.91 Å². The third kappa shape index (κ3) is 3.24. The SMILES string of the molecule is CC(O)C12CC(=O)N1[C@@H](C(=O)OC(c1ccccc1)c1ccccc1)C(C)(C)S2. The van der Waals surface area contributed by atoms with Crippen molar-refractivity contribution < 1.29 is 19.4 Å². The summed E-state index contributed by atoms with van der Waals surface area (Å²) in [5.74, 6) is -0.572. The highest BCUT2D eigenvalue weighted by molar-refractivity contribution is 8.02. The van der Waals surface area contributed by atoms with Crippen LogP contribution in [-0.2, 0) is 14.3 Å². The van der Waals surface area contributed by atoms with Crippen molar-refractivity contribution in [3.05, 3.63) is 71.8 Å². The summed E-state index contributed by atoms with van der Waals surface area (Å²) in [7, 11) is 0. The molecule has 0 aromatic heterocycles. The number of hydrogen-bond donors (Lipinski definition) is 1. The lowest BCUT2D eigenvalue weighted by Crippen LogP contribution is -2.67. The molecule has 5 nitrogen and oxygen atoms in total. The third-order valence-electron chi connectivity index (χ3n) is 5.75. The van der Waals surface area contributed by atoms with Gasteiger partial charge in [0, 0.05) is 4.75 Å². The molecule has 2 aromatic rings. The Morgan fingerprint density at radius 1 is 1.10 bits per heavy atom. The molecule has 2 unspecified atom stereocenters. The zero-order valence-electron chi connectivity index (χ0n) is 16.7. The fraction of sp³-hybridized carbons (Fsp3) is 0.391. The van der Waals surface area contributed by atoms with Gasteiger partial charge in [-0.3, -0.25) is 4.79 Å². The zero-order valence-corrected chi connectivity index (χ0v) is 17.6. The number of fused-ring (bicyclic) bond motifs is 1. The van der Waals surface area contributed by atoms with Crippen LogP contribution >= 0.6 is 11.8 Å². The van der Waals surface area contributed by atoms with Gasteiger partial charge in [0.15, 0.2) is 6.10 Å². The fourth-order valence-corrected chi connectivity index (χ4v) is 6.26. The van der Waals surface area contributed by atoms with Crippen LogP contribution in [0.25, 0.3) is 0 Å². The summed E-state index contributed by atoms with van der Waals surface area (Å²) in [4.78, 5) is 26.6. The van der Waals surface area contributed by atoms with E-state index in [0.717, 1.165) is 11.1 Å². The minimum Gasteiger partial charge on any atom is -0.451 e. The van der Waals surface area contributed by atoms with Crippen molar-refractivity contribution in [2.75, 3.05) is 0 Å². The molecule has 3 atom stereocenters. The molecule has 0 bridgehead atoms. The Labute approximate surface area is 175 Å². The van der Waals surface area contributed by atoms with Crippen molar-refractivity contribution in [2.24, 2.45) is 0 Å². The monoisotopic (exact) mass is 411 g/mol. The Balaban J connectivity index is 1.67. The van der Waals surface area contributed by atoms with E-state index in [9.17, 15) is 14.7 Å². The van der Waals surface area contributed by atoms with Crippen LogP contribution in [0.2, 0.25) is 0 Å². The lowest BCUT2D eigenvalue weighted by Gasteiger charge is -2.49. The largest absolute Gasteiger partial charge is 0.451 e. The summed E-state index contributed by atoms with van der Waals surface area (Å²) in [6.45, 7) is 5.53. The summed E-state index contributed by atoms with van der Waals surface area (Å²) in [6, 6.07) is 18.4. The number of aliphatic hydroxyl groups is 1. The van der Waals surface area contributed by atoms with Crippen LogP contribution in [0.1, 0.15) is 44.4 Å². The number of carbonyl (C=O) groups excluding carboxylic acids is 2. The van der Waals surface area contributed by atoms with Gasteiger partial charge >= 0.3 is 5.97 Å². The first-order chi connectivity index (χ1) is 13.8. The van der Waals surface area contributed by atoms with Gasteiger partial charge < -0.3 is 14.7 Å². The highest BCUT2D eigenvalue weighted by Crippen LogP contribution is 2.60. The van der Waals surface area contributed by atoms with E-state index in [2.05, 4.69) is 0 Å². The number of rotatable bonds is 5. The van der Waals surface area contributed by atoms with Gasteiger partial charge in [0.1, 0.15) is 10.9 Å². The molecule has 2 aromatic carbocycles. The van der Waals surface area contributed by atoms with Gasteiger partial charge in [-0.1, -0.05) is 60.7 Å². The fourth-order valence-electron chi connectivity index (χ4n) is 4.37. The number of ether oxygens (including phenoxy) is 1. The molecular formula is C23H25NO4S. The molecule has 2 aliphatic rings. The molecule has 0 spiro atoms. The molecule has 1 amide bonds. The maximum Gasteiger partial charge on any atom is 0.331 e. The smallest absolute Gasteiger partial charge is 0.331 e. The summed E-state index contributed by atoms with van der Waals surface area (Å²) >= 11 is 1.49. The maximum atomic E-state index is 13.4. The number of thioether (sulfide) groups is 1. The van der Waals surface area contributed by atoms with Crippen LogP contribution in [0, 0.1) is 0 Å². The summed E-state index contributed by atoms with van der Waals surface area (Å²) in [6.07, 6.45) is -1.06. The summed E-state index contributed by atoms with van der Waals surface area (Å²) in [5, 5.41) is 10.4. The Bertz CT molecular complexity index is 875. The molecule has 152 valence electrons. The van der Waals surface area contributed by atoms with Crippen molar-refractivity contribution in [1.29, 1.82) is 0 Å². The van der Waals surface area contributed by atoms with Gasteiger partial charge in [0.25, 0.3) is 0 Å². The lowest BCUT2D eigenvalue weighted by molar-refractivity contribution is -0.173. The molecule has 29 heavy (non-hydrogen) atoms. The van der Waals surface area contributed by atoms with Crippen LogP contribution in [0.3, 0.4) is 0 Å². The normalized spacial score (nSPS) is 26.0. The molecule has 2 fully saturated rings. The number of amides is 1. The van der Waals surface area contributed by atoms with Crippen molar-refractivity contribution in [1.82, 2.24) is 4.90 Å². The van der Waals surface area contributed by atoms with Crippen molar-refractivity contribution in [2.45, 2.75) is 55.1 Å². The molecule has 1 N–H and O–H groups in total. The van der Waals surface area contributed by atoms with E-state index in [0.29, 0.717) is 0 Å². The second-order valence-electron chi connectivity index (χ2n) is 8.21. The molecule has 2 saturated heterocycles. The molecule has 4 rings (SSSR count). The molecule has 0 radical (unpaired) electrons. The zero-order chi connectivity index (χ0) is 20.8. The van der Waals surface area contributed by atoms with E-state index in [1.54, 1.807) is 6.92 Å². The van der Waals surface area contributed by atoms with Crippen LogP contribution in [0.4, 0.5) is 0 Å². The van der Waals surface area contributed by atoms with E-state index in [1.165, 1.54) is 16.7 Å². The Morgan fingerprint density at radius 2 is 1.62 bits per heavy atom. The van der Waals surface area contributed by atoms with Crippen molar-refractivity contribution in [3.8, 4) is 0 Å². The Morgan fingerprint density at radius 3 is 2.07 bits per heavy atom. The van der Waals surface area contributed by atoms with Gasteiger partial charge in [-0.2, -0.15) is 0 Å². The van der Waals surface area contributed by atoms with Gasteiger partial charge in [-0.15, -0.1) is 11.8 Å². The number of β-lactam (4-membered cyclic amide) rings is 1. The minimum atomic E-state index is -0.752. The first-order valence-corrected chi connectivity index (χ1v) is 10.6. The first-order valence-electron chi connectivity index (χ1n) is 9.77. The number of esters is 1. The van der Waals surface area contributed by atoms with Crippen molar-refractivity contribution >= 4 is 23.6 Å². The first kappa shape index (κ1) is 20.0. The number of nitrogens with zero attached hydrogens (tertiary/aromatic N) is 1. The van der Waals surface area contributed by atoms with Crippen LogP contribution in [-0.4, -0.2) is 43.6 Å². The minimum absolute atomic E-state index is 0.123. The van der Waals surface area contributed by atoms with Crippen LogP contribution in [0.15, 0.2) is 60.7 Å². The summed E-state index contributed by atoms with van der Waals surface area (Å²) < 4.78 is 5.47. The topological polar surface area (TPSA) is 66.8 Å². The molecule has 0 aliphatic carbocycles. The van der Waals surface area contributed by atoms with E-state index < -0.39 is 33.8 Å². The number of benzene rings is 2. The highest BCUT2D eigenvalue weighted by atomic mass is 32.2. The second kappa shape index (κ2) is 7.18. The highest BCUT2D eigenvalue weighted by Gasteiger charge is 2.69. The quantitative estimate of drug-likeness (QED) is 0.602. The third-order valence-corrected chi connectivity index (χ3v) is 7.54. The van der Waals surface area contributed by atoms with E-state index in [-0.39, 0.29) is 12.3 Å². The number of carbonyl (C=O) groups is 2. The van der Waals surface area contributed by atoms with E-state index >= 15 is 0 Å². The molecule has 0 saturated carbocycles. The standard InChI is InChI=1S/C23H25NO4S/c1-15(25)23-14-18(26)24(23)20(22(2,3)29-23)21(27)28-19(16-10-6-4-7-11-16)17-12-8-5-9-13-17/h4-13,15,19-20,25H,14H2,1-3H3/t15?,20-,23?/m0/s1. The Hall–Kier alpha value is -2.31. The molecular weight excluding hydrogens is 386 g/mol. The lowest BCUT2D eigenvalue weighted by atomic mass is 9.90. The maximum absolute atomic E-state index is 13.4. The van der Waals surface area contributed by atoms with Gasteiger partial charge in [-0.05, 0) is 31.9 Å². The molecule has 6 heteroatoms. The second-order valence-corrected chi connectivity index (χ2v) is 10.2. The average molecular weight is 412 g/mol. The Kier molecular flexibility index (Phi) is 4.95. The van der Waals surface area contributed by atoms with Crippen LogP contribution < -0.4 is 0 Å². The van der Waals surface area contributed by atoms with Gasteiger partial charge in [-0.25, -0.2) is 4.79 Å². The molecule has 2 heterocycles. The molecule has 2 aliphatic heterocycles. The predicted octanol–water partition coefficient (Wildman–Crippen LogP) is 3.52. The number of hydrogen-bond acceptors (Lipinski definition) is 5. The number of aliphatic hydroxyl groups excluding tert-OH is 1. The summed E-state index contributed by atoms with van der Waals surface area (Å²) in [5.41, 5.74) is 1.74.